The normalized spacial score (nSPS) is 20.6. The monoisotopic (exact) mass is 254 g/mol. The number of rotatable bonds is 4. The van der Waals surface area contributed by atoms with Gasteiger partial charge in [0.15, 0.2) is 0 Å². The Bertz CT molecular complexity index is 418. The maximum atomic E-state index is 11.7. The molecule has 1 aromatic heterocycles. The molecule has 1 fully saturated rings. The Morgan fingerprint density at radius 1 is 1.61 bits per heavy atom. The van der Waals surface area contributed by atoms with Crippen molar-refractivity contribution in [3.05, 3.63) is 5.89 Å². The highest BCUT2D eigenvalue weighted by Gasteiger charge is 2.22. The number of anilines is 1. The van der Waals surface area contributed by atoms with E-state index in [1.54, 1.807) is 0 Å². The maximum absolute atomic E-state index is 11.7. The van der Waals surface area contributed by atoms with Crippen LogP contribution < -0.4 is 5.32 Å². The summed E-state index contributed by atoms with van der Waals surface area (Å²) < 4.78 is 5.28. The number of hydrogen-bond acceptors (Lipinski definition) is 6. The van der Waals surface area contributed by atoms with Crippen LogP contribution >= 0.6 is 0 Å². The molecule has 7 heteroatoms. The van der Waals surface area contributed by atoms with Gasteiger partial charge in [-0.15, -0.1) is 5.10 Å². The summed E-state index contributed by atoms with van der Waals surface area (Å²) >= 11 is 0. The molecule has 0 saturated carbocycles. The van der Waals surface area contributed by atoms with E-state index in [0.717, 1.165) is 6.54 Å². The van der Waals surface area contributed by atoms with E-state index in [-0.39, 0.29) is 30.5 Å². The summed E-state index contributed by atoms with van der Waals surface area (Å²) in [6.45, 7) is 5.37. The fourth-order valence-corrected chi connectivity index (χ4v) is 1.84. The molecule has 100 valence electrons. The Morgan fingerprint density at radius 3 is 2.94 bits per heavy atom. The van der Waals surface area contributed by atoms with Gasteiger partial charge in [-0.3, -0.25) is 15.0 Å². The molecule has 0 bridgehead atoms. The molecule has 18 heavy (non-hydrogen) atoms. The third-order valence-corrected chi connectivity index (χ3v) is 2.80. The first kappa shape index (κ1) is 13.0. The molecule has 0 spiro atoms. The molecule has 1 aromatic rings. The molecule has 2 N–H and O–H groups in total. The summed E-state index contributed by atoms with van der Waals surface area (Å²) in [7, 11) is 0. The number of carbonyl (C=O) groups is 1. The molecule has 2 heterocycles. The number of likely N-dealkylation sites (tertiary alicyclic amines) is 1. The van der Waals surface area contributed by atoms with E-state index >= 15 is 0 Å². The minimum atomic E-state index is -0.325. The molecule has 1 atom stereocenters. The van der Waals surface area contributed by atoms with Crippen LogP contribution in [-0.2, 0) is 4.79 Å². The van der Waals surface area contributed by atoms with Gasteiger partial charge in [-0.25, -0.2) is 0 Å². The molecule has 2 rings (SSSR count). The number of aliphatic hydroxyl groups excluding tert-OH is 1. The predicted molar refractivity (Wildman–Crippen MR) is 64.1 cm³/mol. The SMILES string of the molecule is CC(C)c1nnc(NC(=O)CN2CC[C@H](O)C2)o1. The molecule has 0 aromatic carbocycles. The lowest BCUT2D eigenvalue weighted by Crippen LogP contribution is -2.32. The standard InChI is InChI=1S/C11H18N4O3/c1-7(2)10-13-14-11(18-10)12-9(17)6-15-4-3-8(16)5-15/h7-8,16H,3-6H2,1-2H3,(H,12,14,17)/t8-/m0/s1. The number of nitrogens with one attached hydrogen (secondary N) is 1. The van der Waals surface area contributed by atoms with Crippen LogP contribution in [0.2, 0.25) is 0 Å². The molecule has 1 aliphatic rings. The first-order valence-corrected chi connectivity index (χ1v) is 6.08. The van der Waals surface area contributed by atoms with Gasteiger partial charge in [-0.1, -0.05) is 18.9 Å². The van der Waals surface area contributed by atoms with Gasteiger partial charge < -0.3 is 9.52 Å². The number of carbonyl (C=O) groups excluding carboxylic acids is 1. The number of β-amino-alcohol motifs (C(OH)–C–C–N with tert-alkyl or cyclic N) is 1. The van der Waals surface area contributed by atoms with E-state index in [0.29, 0.717) is 18.9 Å². The van der Waals surface area contributed by atoms with Gasteiger partial charge in [-0.05, 0) is 6.42 Å². The topological polar surface area (TPSA) is 91.5 Å². The second-order valence-corrected chi connectivity index (χ2v) is 4.83. The van der Waals surface area contributed by atoms with Gasteiger partial charge in [-0.2, -0.15) is 0 Å². The van der Waals surface area contributed by atoms with Crippen molar-refractivity contribution in [1.82, 2.24) is 15.1 Å². The van der Waals surface area contributed by atoms with Gasteiger partial charge in [0, 0.05) is 19.0 Å². The van der Waals surface area contributed by atoms with Crippen LogP contribution in [0, 0.1) is 0 Å². The van der Waals surface area contributed by atoms with Crippen LogP contribution in [0.15, 0.2) is 4.42 Å². The van der Waals surface area contributed by atoms with E-state index in [1.165, 1.54) is 0 Å². The summed E-state index contributed by atoms with van der Waals surface area (Å²) in [5.74, 6) is 0.432. The zero-order valence-electron chi connectivity index (χ0n) is 10.6. The van der Waals surface area contributed by atoms with Crippen LogP contribution in [0.4, 0.5) is 6.01 Å². The Labute approximate surface area is 105 Å². The van der Waals surface area contributed by atoms with Gasteiger partial charge in [0.1, 0.15) is 0 Å². The Morgan fingerprint density at radius 2 is 2.39 bits per heavy atom. The van der Waals surface area contributed by atoms with Crippen molar-refractivity contribution >= 4 is 11.9 Å². The van der Waals surface area contributed by atoms with Crippen LogP contribution in [0.1, 0.15) is 32.1 Å². The van der Waals surface area contributed by atoms with Gasteiger partial charge in [0.05, 0.1) is 12.6 Å². The largest absolute Gasteiger partial charge is 0.408 e. The van der Waals surface area contributed by atoms with Crippen molar-refractivity contribution < 1.29 is 14.3 Å². The minimum absolute atomic E-state index is 0.128. The number of nitrogens with zero attached hydrogens (tertiary/aromatic N) is 3. The van der Waals surface area contributed by atoms with E-state index in [9.17, 15) is 9.90 Å². The highest BCUT2D eigenvalue weighted by molar-refractivity contribution is 5.90. The number of aromatic nitrogens is 2. The molecule has 0 aliphatic carbocycles. The zero-order chi connectivity index (χ0) is 13.1. The fourth-order valence-electron chi connectivity index (χ4n) is 1.84. The molecule has 7 nitrogen and oxygen atoms in total. The molecule has 0 radical (unpaired) electrons. The maximum Gasteiger partial charge on any atom is 0.322 e. The highest BCUT2D eigenvalue weighted by atomic mass is 16.4. The van der Waals surface area contributed by atoms with Crippen molar-refractivity contribution in [2.24, 2.45) is 0 Å². The summed E-state index contributed by atoms with van der Waals surface area (Å²) in [5.41, 5.74) is 0. The van der Waals surface area contributed by atoms with E-state index in [1.807, 2.05) is 18.7 Å². The van der Waals surface area contributed by atoms with Crippen LogP contribution in [-0.4, -0.2) is 51.8 Å². The second-order valence-electron chi connectivity index (χ2n) is 4.83. The molecule has 1 amide bonds. The first-order valence-electron chi connectivity index (χ1n) is 6.08. The van der Waals surface area contributed by atoms with Crippen molar-refractivity contribution in [2.45, 2.75) is 32.3 Å². The quantitative estimate of drug-likeness (QED) is 0.797. The molecule has 1 aliphatic heterocycles. The highest BCUT2D eigenvalue weighted by Crippen LogP contribution is 2.15. The van der Waals surface area contributed by atoms with E-state index in [2.05, 4.69) is 15.5 Å². The van der Waals surface area contributed by atoms with Gasteiger partial charge >= 0.3 is 6.01 Å². The average molecular weight is 254 g/mol. The summed E-state index contributed by atoms with van der Waals surface area (Å²) in [6, 6.07) is 0.128. The van der Waals surface area contributed by atoms with Gasteiger partial charge in [0.25, 0.3) is 0 Å². The molecular formula is C11H18N4O3. The molecule has 1 saturated heterocycles. The van der Waals surface area contributed by atoms with E-state index < -0.39 is 0 Å². The third kappa shape index (κ3) is 3.27. The lowest BCUT2D eigenvalue weighted by molar-refractivity contribution is -0.117. The van der Waals surface area contributed by atoms with Crippen LogP contribution in [0.3, 0.4) is 0 Å². The lowest BCUT2D eigenvalue weighted by atomic mass is 10.2. The predicted octanol–water partition coefficient (Wildman–Crippen LogP) is 0.198. The second kappa shape index (κ2) is 5.45. The van der Waals surface area contributed by atoms with E-state index in [4.69, 9.17) is 4.42 Å². The molecular weight excluding hydrogens is 236 g/mol. The Balaban J connectivity index is 1.83. The molecule has 0 unspecified atom stereocenters. The van der Waals surface area contributed by atoms with Crippen LogP contribution in [0.5, 0.6) is 0 Å². The average Bonchev–Trinajstić information content (AvgIpc) is 2.88. The summed E-state index contributed by atoms with van der Waals surface area (Å²) in [5, 5.41) is 19.5. The fraction of sp³-hybridized carbons (Fsp3) is 0.727. The smallest absolute Gasteiger partial charge is 0.322 e. The van der Waals surface area contributed by atoms with Crippen molar-refractivity contribution in [1.29, 1.82) is 0 Å². The van der Waals surface area contributed by atoms with Gasteiger partial charge in [0.2, 0.25) is 11.8 Å². The van der Waals surface area contributed by atoms with Crippen molar-refractivity contribution in [3.8, 4) is 0 Å². The Hall–Kier alpha value is -1.47. The zero-order valence-corrected chi connectivity index (χ0v) is 10.6. The number of amides is 1. The third-order valence-electron chi connectivity index (χ3n) is 2.80. The lowest BCUT2D eigenvalue weighted by Gasteiger charge is -2.12. The minimum Gasteiger partial charge on any atom is -0.408 e. The summed E-state index contributed by atoms with van der Waals surface area (Å²) in [6.07, 6.45) is 0.388. The number of hydrogen-bond donors (Lipinski definition) is 2. The number of aliphatic hydroxyl groups is 1. The Kier molecular flexibility index (Phi) is 3.93. The first-order chi connectivity index (χ1) is 8.54. The van der Waals surface area contributed by atoms with Crippen LogP contribution in [0.25, 0.3) is 0 Å². The van der Waals surface area contributed by atoms with Crippen molar-refractivity contribution in [2.75, 3.05) is 25.0 Å². The van der Waals surface area contributed by atoms with Crippen molar-refractivity contribution in [3.63, 3.8) is 0 Å². The summed E-state index contributed by atoms with van der Waals surface area (Å²) in [4.78, 5) is 13.6.